The van der Waals surface area contributed by atoms with Gasteiger partial charge in [-0.25, -0.2) is 0 Å². The van der Waals surface area contributed by atoms with Crippen molar-refractivity contribution in [1.29, 1.82) is 0 Å². The molecule has 1 aromatic carbocycles. The van der Waals surface area contributed by atoms with E-state index in [0.717, 1.165) is 13.1 Å². The Labute approximate surface area is 105 Å². The molecule has 0 saturated carbocycles. The highest BCUT2D eigenvalue weighted by molar-refractivity contribution is 5.53. The van der Waals surface area contributed by atoms with Crippen LogP contribution in [0.5, 0.6) is 0 Å². The summed E-state index contributed by atoms with van der Waals surface area (Å²) < 4.78 is 0. The first-order chi connectivity index (χ1) is 7.98. The Morgan fingerprint density at radius 1 is 1.29 bits per heavy atom. The predicted molar refractivity (Wildman–Crippen MR) is 74.7 cm³/mol. The summed E-state index contributed by atoms with van der Waals surface area (Å²) in [5.74, 6) is 0. The summed E-state index contributed by atoms with van der Waals surface area (Å²) in [5, 5.41) is 3.70. The van der Waals surface area contributed by atoms with Gasteiger partial charge in [-0.3, -0.25) is 0 Å². The van der Waals surface area contributed by atoms with Gasteiger partial charge in [0.2, 0.25) is 0 Å². The van der Waals surface area contributed by atoms with E-state index >= 15 is 0 Å². The topological polar surface area (TPSA) is 15.3 Å². The van der Waals surface area contributed by atoms with E-state index in [9.17, 15) is 0 Å². The van der Waals surface area contributed by atoms with Crippen molar-refractivity contribution in [3.63, 3.8) is 0 Å². The van der Waals surface area contributed by atoms with Crippen LogP contribution in [0.15, 0.2) is 24.3 Å². The van der Waals surface area contributed by atoms with Gasteiger partial charge in [-0.2, -0.15) is 0 Å². The molecule has 0 radical (unpaired) electrons. The van der Waals surface area contributed by atoms with Gasteiger partial charge in [-0.1, -0.05) is 18.2 Å². The molecule has 2 rings (SSSR count). The summed E-state index contributed by atoms with van der Waals surface area (Å²) in [6, 6.07) is 9.28. The second-order valence-corrected chi connectivity index (χ2v) is 5.93. The Bertz CT molecular complexity index is 384. The monoisotopic (exact) mass is 232 g/mol. The number of nitrogens with zero attached hydrogens (tertiary/aromatic N) is 1. The van der Waals surface area contributed by atoms with Crippen molar-refractivity contribution in [3.8, 4) is 0 Å². The van der Waals surface area contributed by atoms with Crippen molar-refractivity contribution in [2.24, 2.45) is 0 Å². The standard InChI is InChI=1S/C15H24N2/c1-12-7-5-6-8-14(12)17-10-9-13(2)16-15(3,4)11-17/h5-8,13,16H,9-11H2,1-4H3. The molecule has 0 aromatic heterocycles. The van der Waals surface area contributed by atoms with Crippen LogP contribution in [0.2, 0.25) is 0 Å². The number of para-hydroxylation sites is 1. The lowest BCUT2D eigenvalue weighted by molar-refractivity contribution is 0.368. The van der Waals surface area contributed by atoms with Gasteiger partial charge in [0.15, 0.2) is 0 Å². The van der Waals surface area contributed by atoms with Crippen LogP contribution in [0.3, 0.4) is 0 Å². The molecule has 1 aliphatic rings. The van der Waals surface area contributed by atoms with Gasteiger partial charge in [0, 0.05) is 30.4 Å². The molecule has 1 unspecified atom stereocenters. The maximum atomic E-state index is 3.70. The molecule has 17 heavy (non-hydrogen) atoms. The van der Waals surface area contributed by atoms with E-state index in [1.807, 2.05) is 0 Å². The number of rotatable bonds is 1. The van der Waals surface area contributed by atoms with Gasteiger partial charge >= 0.3 is 0 Å². The van der Waals surface area contributed by atoms with Crippen LogP contribution in [-0.2, 0) is 0 Å². The third kappa shape index (κ3) is 3.01. The van der Waals surface area contributed by atoms with Crippen molar-refractivity contribution in [3.05, 3.63) is 29.8 Å². The zero-order valence-corrected chi connectivity index (χ0v) is 11.5. The summed E-state index contributed by atoms with van der Waals surface area (Å²) in [6.07, 6.45) is 1.21. The average molecular weight is 232 g/mol. The Morgan fingerprint density at radius 3 is 2.71 bits per heavy atom. The summed E-state index contributed by atoms with van der Waals surface area (Å²) in [5.41, 5.74) is 2.94. The van der Waals surface area contributed by atoms with Gasteiger partial charge in [0.1, 0.15) is 0 Å². The summed E-state index contributed by atoms with van der Waals surface area (Å²) in [7, 11) is 0. The van der Waals surface area contributed by atoms with Crippen LogP contribution in [-0.4, -0.2) is 24.7 Å². The number of nitrogens with one attached hydrogen (secondary N) is 1. The molecule has 2 nitrogen and oxygen atoms in total. The van der Waals surface area contributed by atoms with Crippen molar-refractivity contribution in [2.45, 2.75) is 45.7 Å². The Balaban J connectivity index is 2.24. The number of hydrogen-bond acceptors (Lipinski definition) is 2. The molecule has 0 amide bonds. The van der Waals surface area contributed by atoms with E-state index in [1.54, 1.807) is 0 Å². The summed E-state index contributed by atoms with van der Waals surface area (Å²) >= 11 is 0. The van der Waals surface area contributed by atoms with Gasteiger partial charge in [0.25, 0.3) is 0 Å². The van der Waals surface area contributed by atoms with Crippen molar-refractivity contribution in [1.82, 2.24) is 5.32 Å². The molecule has 1 fully saturated rings. The lowest BCUT2D eigenvalue weighted by Crippen LogP contribution is -2.48. The lowest BCUT2D eigenvalue weighted by atomic mass is 10.0. The van der Waals surface area contributed by atoms with Crippen LogP contribution < -0.4 is 10.2 Å². The first kappa shape index (κ1) is 12.4. The van der Waals surface area contributed by atoms with Crippen LogP contribution in [0.1, 0.15) is 32.8 Å². The van der Waals surface area contributed by atoms with Crippen molar-refractivity contribution < 1.29 is 0 Å². The molecule has 1 N–H and O–H groups in total. The van der Waals surface area contributed by atoms with Crippen LogP contribution in [0.4, 0.5) is 5.69 Å². The largest absolute Gasteiger partial charge is 0.369 e. The Hall–Kier alpha value is -1.02. The smallest absolute Gasteiger partial charge is 0.0396 e. The zero-order valence-electron chi connectivity index (χ0n) is 11.5. The highest BCUT2D eigenvalue weighted by Gasteiger charge is 2.27. The Kier molecular flexibility index (Phi) is 3.43. The first-order valence-corrected chi connectivity index (χ1v) is 6.56. The number of benzene rings is 1. The van der Waals surface area contributed by atoms with Gasteiger partial charge in [-0.05, 0) is 45.7 Å². The number of hydrogen-bond donors (Lipinski definition) is 1. The van der Waals surface area contributed by atoms with E-state index in [1.165, 1.54) is 17.7 Å². The minimum Gasteiger partial charge on any atom is -0.369 e. The zero-order chi connectivity index (χ0) is 12.5. The van der Waals surface area contributed by atoms with E-state index in [4.69, 9.17) is 0 Å². The number of aryl methyl sites for hydroxylation is 1. The van der Waals surface area contributed by atoms with Crippen molar-refractivity contribution >= 4 is 5.69 Å². The molecule has 0 aliphatic carbocycles. The molecule has 1 aromatic rings. The molecule has 1 heterocycles. The fourth-order valence-electron chi connectivity index (χ4n) is 2.81. The van der Waals surface area contributed by atoms with Gasteiger partial charge < -0.3 is 10.2 Å². The second kappa shape index (κ2) is 4.69. The molecular weight excluding hydrogens is 208 g/mol. The van der Waals surface area contributed by atoms with Crippen LogP contribution in [0, 0.1) is 6.92 Å². The van der Waals surface area contributed by atoms with E-state index < -0.39 is 0 Å². The van der Waals surface area contributed by atoms with Crippen LogP contribution >= 0.6 is 0 Å². The molecule has 1 atom stereocenters. The molecule has 2 heteroatoms. The fourth-order valence-corrected chi connectivity index (χ4v) is 2.81. The van der Waals surface area contributed by atoms with Gasteiger partial charge in [-0.15, -0.1) is 0 Å². The SMILES string of the molecule is Cc1ccccc1N1CCC(C)NC(C)(C)C1. The van der Waals surface area contributed by atoms with Crippen LogP contribution in [0.25, 0.3) is 0 Å². The molecule has 94 valence electrons. The molecule has 0 bridgehead atoms. The average Bonchev–Trinajstić information content (AvgIpc) is 2.37. The fraction of sp³-hybridized carbons (Fsp3) is 0.600. The third-order valence-electron chi connectivity index (χ3n) is 3.51. The second-order valence-electron chi connectivity index (χ2n) is 5.93. The lowest BCUT2D eigenvalue weighted by Gasteiger charge is -2.33. The minimum absolute atomic E-state index is 0.179. The maximum absolute atomic E-state index is 3.70. The Morgan fingerprint density at radius 2 is 2.00 bits per heavy atom. The summed E-state index contributed by atoms with van der Waals surface area (Å²) in [6.45, 7) is 11.3. The predicted octanol–water partition coefficient (Wildman–Crippen LogP) is 2.96. The molecule has 1 saturated heterocycles. The minimum atomic E-state index is 0.179. The third-order valence-corrected chi connectivity index (χ3v) is 3.51. The van der Waals surface area contributed by atoms with E-state index in [2.05, 4.69) is 62.2 Å². The molecule has 1 aliphatic heterocycles. The number of anilines is 1. The highest BCUT2D eigenvalue weighted by atomic mass is 15.2. The molecular formula is C15H24N2. The summed E-state index contributed by atoms with van der Waals surface area (Å²) in [4.78, 5) is 2.52. The highest BCUT2D eigenvalue weighted by Crippen LogP contribution is 2.24. The van der Waals surface area contributed by atoms with E-state index in [0.29, 0.717) is 6.04 Å². The van der Waals surface area contributed by atoms with Gasteiger partial charge in [0.05, 0.1) is 0 Å². The first-order valence-electron chi connectivity index (χ1n) is 6.56. The van der Waals surface area contributed by atoms with E-state index in [-0.39, 0.29) is 5.54 Å². The quantitative estimate of drug-likeness (QED) is 0.801. The van der Waals surface area contributed by atoms with Crippen molar-refractivity contribution in [2.75, 3.05) is 18.0 Å². The molecule has 0 spiro atoms. The normalized spacial score (nSPS) is 24.5. The maximum Gasteiger partial charge on any atom is 0.0396 e.